The zero-order valence-electron chi connectivity index (χ0n) is 11.6. The van der Waals surface area contributed by atoms with Gasteiger partial charge in [-0.3, -0.25) is 4.98 Å². The van der Waals surface area contributed by atoms with E-state index in [2.05, 4.69) is 9.97 Å². The van der Waals surface area contributed by atoms with E-state index in [0.29, 0.717) is 17.9 Å². The van der Waals surface area contributed by atoms with E-state index in [4.69, 9.17) is 0 Å². The minimum Gasteiger partial charge on any atom is -0.478 e. The molecule has 0 spiro atoms. The summed E-state index contributed by atoms with van der Waals surface area (Å²) < 4.78 is 0. The number of aromatic carboxylic acids is 1. The lowest BCUT2D eigenvalue weighted by atomic mass is 10.1. The highest BCUT2D eigenvalue weighted by molar-refractivity contribution is 5.94. The largest absolute Gasteiger partial charge is 0.478 e. The fraction of sp³-hybridized carbons (Fsp3) is 0.267. The lowest BCUT2D eigenvalue weighted by Crippen LogP contribution is -2.24. The first-order chi connectivity index (χ1) is 9.59. The summed E-state index contributed by atoms with van der Waals surface area (Å²) in [5.74, 6) is -0.455. The van der Waals surface area contributed by atoms with Gasteiger partial charge in [-0.15, -0.1) is 0 Å². The molecule has 5 heteroatoms. The molecule has 0 fully saturated rings. The quantitative estimate of drug-likeness (QED) is 0.902. The highest BCUT2D eigenvalue weighted by Gasteiger charge is 2.17. The summed E-state index contributed by atoms with van der Waals surface area (Å²) in [4.78, 5) is 21.6. The fourth-order valence-corrected chi connectivity index (χ4v) is 2.03. The molecule has 1 N–H and O–H groups in total. The highest BCUT2D eigenvalue weighted by atomic mass is 16.4. The van der Waals surface area contributed by atoms with Crippen molar-refractivity contribution in [1.29, 1.82) is 0 Å². The third-order valence-corrected chi connectivity index (χ3v) is 3.14. The van der Waals surface area contributed by atoms with Gasteiger partial charge in [0.05, 0.1) is 0 Å². The van der Waals surface area contributed by atoms with Gasteiger partial charge in [-0.25, -0.2) is 9.78 Å². The summed E-state index contributed by atoms with van der Waals surface area (Å²) in [5, 5.41) is 9.30. The van der Waals surface area contributed by atoms with Crippen LogP contribution in [0.4, 0.5) is 5.82 Å². The molecule has 0 aliphatic rings. The molecule has 0 amide bonds. The summed E-state index contributed by atoms with van der Waals surface area (Å²) in [6, 6.07) is 7.48. The first-order valence-electron chi connectivity index (χ1n) is 6.39. The number of hydrogen-bond acceptors (Lipinski definition) is 4. The van der Waals surface area contributed by atoms with Crippen molar-refractivity contribution in [2.45, 2.75) is 13.3 Å². The lowest BCUT2D eigenvalue weighted by Gasteiger charge is -2.20. The van der Waals surface area contributed by atoms with Gasteiger partial charge in [0.15, 0.2) is 0 Å². The van der Waals surface area contributed by atoms with Gasteiger partial charge in [0.2, 0.25) is 0 Å². The Morgan fingerprint density at radius 2 is 2.05 bits per heavy atom. The number of aryl methyl sites for hydroxylation is 1. The first kappa shape index (κ1) is 14.0. The SMILES string of the molecule is Cc1ccnc(N(C)CCc2ccccn2)c1C(=O)O. The van der Waals surface area contributed by atoms with Crippen molar-refractivity contribution in [3.05, 3.63) is 53.5 Å². The monoisotopic (exact) mass is 271 g/mol. The van der Waals surface area contributed by atoms with E-state index in [1.807, 2.05) is 30.1 Å². The van der Waals surface area contributed by atoms with Crippen LogP contribution in [0.15, 0.2) is 36.7 Å². The van der Waals surface area contributed by atoms with Crippen LogP contribution in [0.5, 0.6) is 0 Å². The van der Waals surface area contributed by atoms with Gasteiger partial charge in [0.25, 0.3) is 0 Å². The number of anilines is 1. The molecule has 0 aromatic carbocycles. The predicted molar refractivity (Wildman–Crippen MR) is 77.1 cm³/mol. The number of rotatable bonds is 5. The molecular weight excluding hydrogens is 254 g/mol. The van der Waals surface area contributed by atoms with Gasteiger partial charge in [-0.2, -0.15) is 0 Å². The van der Waals surface area contributed by atoms with E-state index in [0.717, 1.165) is 12.1 Å². The summed E-state index contributed by atoms with van der Waals surface area (Å²) >= 11 is 0. The van der Waals surface area contributed by atoms with Crippen LogP contribution >= 0.6 is 0 Å². The Hall–Kier alpha value is -2.43. The van der Waals surface area contributed by atoms with Crippen molar-refractivity contribution in [3.8, 4) is 0 Å². The Bertz CT molecular complexity index is 599. The maximum Gasteiger partial charge on any atom is 0.339 e. The number of carbonyl (C=O) groups is 1. The second-order valence-electron chi connectivity index (χ2n) is 4.62. The van der Waals surface area contributed by atoms with E-state index < -0.39 is 5.97 Å². The van der Waals surface area contributed by atoms with Crippen LogP contribution in [0.25, 0.3) is 0 Å². The molecule has 104 valence electrons. The molecule has 2 heterocycles. The van der Waals surface area contributed by atoms with Gasteiger partial charge in [0.1, 0.15) is 11.4 Å². The average Bonchev–Trinajstić information content (AvgIpc) is 2.45. The molecule has 5 nitrogen and oxygen atoms in total. The number of nitrogens with zero attached hydrogens (tertiary/aromatic N) is 3. The Labute approximate surface area is 117 Å². The molecular formula is C15H17N3O2. The molecule has 0 radical (unpaired) electrons. The number of hydrogen-bond donors (Lipinski definition) is 1. The topological polar surface area (TPSA) is 66.3 Å². The van der Waals surface area contributed by atoms with Crippen LogP contribution in [0.2, 0.25) is 0 Å². The fourth-order valence-electron chi connectivity index (χ4n) is 2.03. The second-order valence-corrected chi connectivity index (χ2v) is 4.62. The van der Waals surface area contributed by atoms with Gasteiger partial charge in [-0.05, 0) is 30.7 Å². The maximum atomic E-state index is 11.3. The van der Waals surface area contributed by atoms with Gasteiger partial charge in [-0.1, -0.05) is 6.07 Å². The van der Waals surface area contributed by atoms with Crippen LogP contribution in [-0.2, 0) is 6.42 Å². The molecule has 20 heavy (non-hydrogen) atoms. The van der Waals surface area contributed by atoms with Crippen LogP contribution in [0.3, 0.4) is 0 Å². The van der Waals surface area contributed by atoms with Crippen LogP contribution in [-0.4, -0.2) is 34.6 Å². The van der Waals surface area contributed by atoms with E-state index in [1.54, 1.807) is 25.4 Å². The Morgan fingerprint density at radius 1 is 1.25 bits per heavy atom. The van der Waals surface area contributed by atoms with Crippen molar-refractivity contribution in [2.24, 2.45) is 0 Å². The minimum absolute atomic E-state index is 0.260. The van der Waals surface area contributed by atoms with E-state index >= 15 is 0 Å². The van der Waals surface area contributed by atoms with Gasteiger partial charge in [0, 0.05) is 38.1 Å². The standard InChI is InChI=1S/C15H17N3O2/c1-11-6-9-17-14(13(11)15(19)20)18(2)10-7-12-5-3-4-8-16-12/h3-6,8-9H,7,10H2,1-2H3,(H,19,20). The molecule has 0 unspecified atom stereocenters. The number of likely N-dealkylation sites (N-methyl/N-ethyl adjacent to an activating group) is 1. The molecule has 0 aliphatic carbocycles. The van der Waals surface area contributed by atoms with Gasteiger partial charge >= 0.3 is 5.97 Å². The second kappa shape index (κ2) is 6.14. The lowest BCUT2D eigenvalue weighted by molar-refractivity contribution is 0.0696. The predicted octanol–water partition coefficient (Wildman–Crippen LogP) is 2.16. The Kier molecular flexibility index (Phi) is 4.30. The number of carboxylic acid groups (broad SMARTS) is 1. The zero-order chi connectivity index (χ0) is 14.5. The summed E-state index contributed by atoms with van der Waals surface area (Å²) in [7, 11) is 1.84. The minimum atomic E-state index is -0.949. The molecule has 0 atom stereocenters. The average molecular weight is 271 g/mol. The van der Waals surface area contributed by atoms with Crippen molar-refractivity contribution in [2.75, 3.05) is 18.5 Å². The van der Waals surface area contributed by atoms with Crippen LogP contribution < -0.4 is 4.90 Å². The third kappa shape index (κ3) is 3.12. The number of aromatic nitrogens is 2. The van der Waals surface area contributed by atoms with Crippen molar-refractivity contribution >= 4 is 11.8 Å². The normalized spacial score (nSPS) is 10.3. The van der Waals surface area contributed by atoms with Crippen molar-refractivity contribution < 1.29 is 9.90 Å². The molecule has 2 aromatic heterocycles. The van der Waals surface area contributed by atoms with Crippen molar-refractivity contribution in [3.63, 3.8) is 0 Å². The third-order valence-electron chi connectivity index (χ3n) is 3.14. The van der Waals surface area contributed by atoms with Crippen molar-refractivity contribution in [1.82, 2.24) is 9.97 Å². The first-order valence-corrected chi connectivity index (χ1v) is 6.39. The molecule has 0 bridgehead atoms. The van der Waals surface area contributed by atoms with E-state index in [-0.39, 0.29) is 5.56 Å². The molecule has 2 aromatic rings. The summed E-state index contributed by atoms with van der Waals surface area (Å²) in [6.07, 6.45) is 4.13. The molecule has 0 saturated carbocycles. The van der Waals surface area contributed by atoms with Crippen LogP contribution in [0.1, 0.15) is 21.6 Å². The summed E-state index contributed by atoms with van der Waals surface area (Å²) in [5.41, 5.74) is 1.95. The Balaban J connectivity index is 2.15. The maximum absolute atomic E-state index is 11.3. The zero-order valence-corrected chi connectivity index (χ0v) is 11.6. The Morgan fingerprint density at radius 3 is 2.70 bits per heavy atom. The smallest absolute Gasteiger partial charge is 0.339 e. The summed E-state index contributed by atoms with van der Waals surface area (Å²) in [6.45, 7) is 2.44. The molecule has 0 aliphatic heterocycles. The molecule has 0 saturated heterocycles. The highest BCUT2D eigenvalue weighted by Crippen LogP contribution is 2.20. The number of pyridine rings is 2. The van der Waals surface area contributed by atoms with E-state index in [1.165, 1.54) is 0 Å². The number of carboxylic acids is 1. The van der Waals surface area contributed by atoms with Gasteiger partial charge < -0.3 is 10.0 Å². The molecule has 2 rings (SSSR count). The van der Waals surface area contributed by atoms with Crippen LogP contribution in [0, 0.1) is 6.92 Å². The van der Waals surface area contributed by atoms with E-state index in [9.17, 15) is 9.90 Å².